The van der Waals surface area contributed by atoms with Crippen molar-refractivity contribution in [3.63, 3.8) is 0 Å². The first kappa shape index (κ1) is 14.8. The topological polar surface area (TPSA) is 44.5 Å². The Labute approximate surface area is 104 Å². The molecule has 1 rings (SSSR count). The highest BCUT2D eigenvalue weighted by Crippen LogP contribution is 2.31. The van der Waals surface area contributed by atoms with E-state index in [1.165, 1.54) is 12.1 Å². The molecule has 102 valence electrons. The van der Waals surface area contributed by atoms with Crippen LogP contribution in [0.4, 0.5) is 13.2 Å². The second kappa shape index (κ2) is 6.61. The molecule has 1 aromatic carbocycles. The predicted octanol–water partition coefficient (Wildman–Crippen LogP) is 2.45. The number of hydrogen-bond acceptors (Lipinski definition) is 3. The lowest BCUT2D eigenvalue weighted by atomic mass is 10.2. The van der Waals surface area contributed by atoms with Crippen molar-refractivity contribution >= 4 is 0 Å². The molecule has 0 heterocycles. The van der Waals surface area contributed by atoms with Gasteiger partial charge in [-0.15, -0.1) is 0 Å². The van der Waals surface area contributed by atoms with E-state index in [-0.39, 0.29) is 25.0 Å². The third-order valence-electron chi connectivity index (χ3n) is 2.26. The van der Waals surface area contributed by atoms with Gasteiger partial charge in [-0.2, -0.15) is 13.2 Å². The fourth-order valence-corrected chi connectivity index (χ4v) is 1.37. The third-order valence-corrected chi connectivity index (χ3v) is 2.26. The highest BCUT2D eigenvalue weighted by molar-refractivity contribution is 5.30. The number of hydrogen-bond donors (Lipinski definition) is 1. The van der Waals surface area contributed by atoms with Gasteiger partial charge < -0.3 is 15.2 Å². The Kier molecular flexibility index (Phi) is 5.43. The Hall–Kier alpha value is -1.27. The molecule has 0 bridgehead atoms. The molecular weight excluding hydrogens is 247 g/mol. The van der Waals surface area contributed by atoms with Crippen molar-refractivity contribution in [3.8, 4) is 5.75 Å². The number of benzene rings is 1. The van der Waals surface area contributed by atoms with E-state index in [2.05, 4.69) is 0 Å². The van der Waals surface area contributed by atoms with Crippen LogP contribution in [-0.2, 0) is 10.9 Å². The van der Waals surface area contributed by atoms with Gasteiger partial charge in [0, 0.05) is 13.2 Å². The monoisotopic (exact) mass is 263 g/mol. The summed E-state index contributed by atoms with van der Waals surface area (Å²) in [7, 11) is 0. The molecule has 0 aliphatic rings. The van der Waals surface area contributed by atoms with Gasteiger partial charge in [-0.1, -0.05) is 6.07 Å². The zero-order chi connectivity index (χ0) is 13.6. The Morgan fingerprint density at radius 2 is 2.06 bits per heavy atom. The molecule has 1 aromatic rings. The molecule has 1 unspecified atom stereocenters. The zero-order valence-corrected chi connectivity index (χ0v) is 10.0. The molecule has 2 N–H and O–H groups in total. The van der Waals surface area contributed by atoms with Crippen molar-refractivity contribution in [2.45, 2.75) is 19.2 Å². The minimum absolute atomic E-state index is 0.131. The standard InChI is InChI=1S/C12H16F3NO2/c1-2-17-11(7-16)8-18-10-5-3-4-9(6-10)12(13,14)15/h3-6,11H,2,7-8,16H2,1H3. The predicted molar refractivity (Wildman–Crippen MR) is 61.4 cm³/mol. The maximum Gasteiger partial charge on any atom is 0.416 e. The van der Waals surface area contributed by atoms with Crippen LogP contribution in [0.15, 0.2) is 24.3 Å². The Morgan fingerprint density at radius 1 is 1.33 bits per heavy atom. The van der Waals surface area contributed by atoms with E-state index in [4.69, 9.17) is 15.2 Å². The fourth-order valence-electron chi connectivity index (χ4n) is 1.37. The van der Waals surface area contributed by atoms with Crippen LogP contribution in [0, 0.1) is 0 Å². The largest absolute Gasteiger partial charge is 0.491 e. The van der Waals surface area contributed by atoms with Gasteiger partial charge in [0.15, 0.2) is 0 Å². The molecular formula is C12H16F3NO2. The van der Waals surface area contributed by atoms with E-state index in [1.54, 1.807) is 0 Å². The number of ether oxygens (including phenoxy) is 2. The summed E-state index contributed by atoms with van der Waals surface area (Å²) in [5.74, 6) is 0.156. The van der Waals surface area contributed by atoms with E-state index in [0.717, 1.165) is 12.1 Å². The van der Waals surface area contributed by atoms with Crippen molar-refractivity contribution in [2.24, 2.45) is 5.73 Å². The average molecular weight is 263 g/mol. The Bertz CT molecular complexity index is 369. The van der Waals surface area contributed by atoms with E-state index < -0.39 is 11.7 Å². The minimum Gasteiger partial charge on any atom is -0.491 e. The van der Waals surface area contributed by atoms with Gasteiger partial charge in [-0.25, -0.2) is 0 Å². The Balaban J connectivity index is 2.62. The van der Waals surface area contributed by atoms with Crippen LogP contribution in [0.3, 0.4) is 0 Å². The number of alkyl halides is 3. The molecule has 0 aliphatic carbocycles. The lowest BCUT2D eigenvalue weighted by Gasteiger charge is -2.16. The van der Waals surface area contributed by atoms with Gasteiger partial charge in [-0.05, 0) is 25.1 Å². The van der Waals surface area contributed by atoms with Gasteiger partial charge in [0.25, 0.3) is 0 Å². The highest BCUT2D eigenvalue weighted by Gasteiger charge is 2.30. The van der Waals surface area contributed by atoms with Crippen molar-refractivity contribution in [1.29, 1.82) is 0 Å². The molecule has 3 nitrogen and oxygen atoms in total. The lowest BCUT2D eigenvalue weighted by molar-refractivity contribution is -0.137. The molecule has 0 amide bonds. The van der Waals surface area contributed by atoms with Gasteiger partial charge in [0.05, 0.1) is 5.56 Å². The summed E-state index contributed by atoms with van der Waals surface area (Å²) in [6, 6.07) is 4.72. The summed E-state index contributed by atoms with van der Waals surface area (Å²) in [5.41, 5.74) is 4.70. The average Bonchev–Trinajstić information content (AvgIpc) is 2.34. The van der Waals surface area contributed by atoms with Crippen LogP contribution in [0.1, 0.15) is 12.5 Å². The lowest BCUT2D eigenvalue weighted by Crippen LogP contribution is -2.30. The number of nitrogens with two attached hydrogens (primary N) is 1. The zero-order valence-electron chi connectivity index (χ0n) is 10.0. The first-order valence-corrected chi connectivity index (χ1v) is 5.59. The van der Waals surface area contributed by atoms with E-state index in [0.29, 0.717) is 6.61 Å². The minimum atomic E-state index is -4.37. The molecule has 0 radical (unpaired) electrons. The van der Waals surface area contributed by atoms with E-state index in [9.17, 15) is 13.2 Å². The second-order valence-electron chi connectivity index (χ2n) is 3.65. The quantitative estimate of drug-likeness (QED) is 0.857. The van der Waals surface area contributed by atoms with Gasteiger partial charge in [0.1, 0.15) is 18.5 Å². The van der Waals surface area contributed by atoms with Gasteiger partial charge in [-0.3, -0.25) is 0 Å². The molecule has 6 heteroatoms. The molecule has 0 aromatic heterocycles. The normalized spacial score (nSPS) is 13.4. The van der Waals surface area contributed by atoms with Crippen LogP contribution < -0.4 is 10.5 Å². The molecule has 0 aliphatic heterocycles. The SMILES string of the molecule is CCOC(CN)COc1cccc(C(F)(F)F)c1. The summed E-state index contributed by atoms with van der Waals surface area (Å²) in [6.07, 6.45) is -4.68. The van der Waals surface area contributed by atoms with Crippen LogP contribution in [0.5, 0.6) is 5.75 Å². The van der Waals surface area contributed by atoms with Crippen LogP contribution in [0.2, 0.25) is 0 Å². The van der Waals surface area contributed by atoms with Crippen LogP contribution >= 0.6 is 0 Å². The highest BCUT2D eigenvalue weighted by atomic mass is 19.4. The van der Waals surface area contributed by atoms with Crippen molar-refractivity contribution in [3.05, 3.63) is 29.8 Å². The second-order valence-corrected chi connectivity index (χ2v) is 3.65. The van der Waals surface area contributed by atoms with Crippen LogP contribution in [-0.4, -0.2) is 25.9 Å². The van der Waals surface area contributed by atoms with Crippen molar-refractivity contribution < 1.29 is 22.6 Å². The molecule has 0 spiro atoms. The maximum absolute atomic E-state index is 12.5. The number of rotatable bonds is 6. The number of halogens is 3. The smallest absolute Gasteiger partial charge is 0.416 e. The van der Waals surface area contributed by atoms with Gasteiger partial charge >= 0.3 is 6.18 Å². The summed E-state index contributed by atoms with van der Waals surface area (Å²) in [4.78, 5) is 0. The summed E-state index contributed by atoms with van der Waals surface area (Å²) in [6.45, 7) is 2.68. The van der Waals surface area contributed by atoms with Crippen molar-refractivity contribution in [2.75, 3.05) is 19.8 Å². The van der Waals surface area contributed by atoms with E-state index >= 15 is 0 Å². The molecule has 1 atom stereocenters. The first-order valence-electron chi connectivity index (χ1n) is 5.59. The fraction of sp³-hybridized carbons (Fsp3) is 0.500. The van der Waals surface area contributed by atoms with Gasteiger partial charge in [0.2, 0.25) is 0 Å². The van der Waals surface area contributed by atoms with E-state index in [1.807, 2.05) is 6.92 Å². The third kappa shape index (κ3) is 4.54. The summed E-state index contributed by atoms with van der Waals surface area (Å²) < 4.78 is 47.8. The molecule has 0 fully saturated rings. The molecule has 18 heavy (non-hydrogen) atoms. The Morgan fingerprint density at radius 3 is 2.61 bits per heavy atom. The van der Waals surface area contributed by atoms with Crippen molar-refractivity contribution in [1.82, 2.24) is 0 Å². The maximum atomic E-state index is 12.5. The summed E-state index contributed by atoms with van der Waals surface area (Å²) >= 11 is 0. The van der Waals surface area contributed by atoms with Crippen LogP contribution in [0.25, 0.3) is 0 Å². The first-order chi connectivity index (χ1) is 8.47. The molecule has 0 saturated heterocycles. The molecule has 0 saturated carbocycles. The summed E-state index contributed by atoms with van der Waals surface area (Å²) in [5, 5.41) is 0.